The van der Waals surface area contributed by atoms with Gasteiger partial charge in [-0.25, -0.2) is 0 Å². The summed E-state index contributed by atoms with van der Waals surface area (Å²) in [7, 11) is 0. The van der Waals surface area contributed by atoms with E-state index in [9.17, 15) is 9.59 Å². The molecule has 2 aliphatic carbocycles. The predicted octanol–water partition coefficient (Wildman–Crippen LogP) is 3.09. The van der Waals surface area contributed by atoms with E-state index in [1.807, 2.05) is 0 Å². The minimum atomic E-state index is -0.482. The highest BCUT2D eigenvalue weighted by molar-refractivity contribution is 7.17. The fraction of sp³-hybridized carbons (Fsp3) is 0.500. The van der Waals surface area contributed by atoms with Gasteiger partial charge in [0.05, 0.1) is 5.56 Å². The molecule has 2 aromatic rings. The van der Waals surface area contributed by atoms with Crippen LogP contribution in [0.4, 0.5) is 5.00 Å². The van der Waals surface area contributed by atoms with E-state index in [0.717, 1.165) is 66.7 Å². The van der Waals surface area contributed by atoms with Gasteiger partial charge in [-0.15, -0.1) is 11.3 Å². The second-order valence-electron chi connectivity index (χ2n) is 7.01. The van der Waals surface area contributed by atoms with Crippen molar-refractivity contribution in [1.82, 2.24) is 5.16 Å². The maximum Gasteiger partial charge on any atom is 0.278 e. The number of nitrogens with one attached hydrogen (secondary N) is 1. The van der Waals surface area contributed by atoms with Gasteiger partial charge in [-0.05, 0) is 50.0 Å². The number of hydrogen-bond donors (Lipinski definition) is 2. The molecule has 2 aromatic heterocycles. The SMILES string of the molecule is C[C@H]1CCc2c(sc(NC(=O)c3noc4c3CCCC4)c2C(N)=O)C1. The van der Waals surface area contributed by atoms with Crippen molar-refractivity contribution in [3.63, 3.8) is 0 Å². The Labute approximate surface area is 149 Å². The second kappa shape index (κ2) is 6.29. The lowest BCUT2D eigenvalue weighted by Crippen LogP contribution is -2.20. The standard InChI is InChI=1S/C18H21N3O3S/c1-9-6-7-11-13(8-9)25-18(14(11)16(19)22)20-17(23)15-10-4-2-3-5-12(10)24-21-15/h9H,2-8H2,1H3,(H2,19,22)(H,20,23)/t9-/m0/s1. The van der Waals surface area contributed by atoms with E-state index in [0.29, 0.717) is 22.2 Å². The molecule has 1 atom stereocenters. The van der Waals surface area contributed by atoms with E-state index < -0.39 is 5.91 Å². The number of amides is 2. The van der Waals surface area contributed by atoms with Gasteiger partial charge in [0.15, 0.2) is 5.69 Å². The van der Waals surface area contributed by atoms with Crippen LogP contribution in [0.5, 0.6) is 0 Å². The van der Waals surface area contributed by atoms with Crippen molar-refractivity contribution in [2.45, 2.75) is 51.9 Å². The summed E-state index contributed by atoms with van der Waals surface area (Å²) in [6, 6.07) is 0. The highest BCUT2D eigenvalue weighted by atomic mass is 32.1. The van der Waals surface area contributed by atoms with Crippen LogP contribution < -0.4 is 11.1 Å². The zero-order chi connectivity index (χ0) is 17.6. The van der Waals surface area contributed by atoms with Crippen molar-refractivity contribution in [3.05, 3.63) is 33.0 Å². The molecule has 2 aliphatic rings. The molecule has 0 saturated heterocycles. The lowest BCUT2D eigenvalue weighted by molar-refractivity contribution is 0.1000. The molecular formula is C18H21N3O3S. The molecular weight excluding hydrogens is 338 g/mol. The average Bonchev–Trinajstić information content (AvgIpc) is 3.15. The van der Waals surface area contributed by atoms with Crippen molar-refractivity contribution in [1.29, 1.82) is 0 Å². The van der Waals surface area contributed by atoms with E-state index in [4.69, 9.17) is 10.3 Å². The normalized spacial score (nSPS) is 19.2. The largest absolute Gasteiger partial charge is 0.365 e. The van der Waals surface area contributed by atoms with Gasteiger partial charge in [0.25, 0.3) is 11.8 Å². The lowest BCUT2D eigenvalue weighted by Gasteiger charge is -2.18. The number of nitrogens with zero attached hydrogens (tertiary/aromatic N) is 1. The third kappa shape index (κ3) is 2.86. The average molecular weight is 359 g/mol. The monoisotopic (exact) mass is 359 g/mol. The molecule has 0 bridgehead atoms. The van der Waals surface area contributed by atoms with Crippen LogP contribution in [0.3, 0.4) is 0 Å². The predicted molar refractivity (Wildman–Crippen MR) is 95.1 cm³/mol. The Hall–Kier alpha value is -2.15. The molecule has 2 heterocycles. The summed E-state index contributed by atoms with van der Waals surface area (Å²) in [5.41, 5.74) is 8.32. The van der Waals surface area contributed by atoms with Crippen molar-refractivity contribution in [2.75, 3.05) is 5.32 Å². The number of anilines is 1. The number of carbonyl (C=O) groups excluding carboxylic acids is 2. The zero-order valence-corrected chi connectivity index (χ0v) is 15.0. The summed E-state index contributed by atoms with van der Waals surface area (Å²) in [4.78, 5) is 25.9. The zero-order valence-electron chi connectivity index (χ0n) is 14.2. The number of thiophene rings is 1. The van der Waals surface area contributed by atoms with Gasteiger partial charge in [-0.3, -0.25) is 9.59 Å². The van der Waals surface area contributed by atoms with E-state index in [1.165, 1.54) is 11.3 Å². The summed E-state index contributed by atoms with van der Waals surface area (Å²) >= 11 is 1.47. The number of carbonyl (C=O) groups is 2. The van der Waals surface area contributed by atoms with E-state index in [2.05, 4.69) is 17.4 Å². The molecule has 0 saturated carbocycles. The molecule has 6 nitrogen and oxygen atoms in total. The number of hydrogen-bond acceptors (Lipinski definition) is 5. The van der Waals surface area contributed by atoms with Crippen LogP contribution in [0.25, 0.3) is 0 Å². The first kappa shape index (κ1) is 16.3. The molecule has 2 amide bonds. The topological polar surface area (TPSA) is 98.2 Å². The van der Waals surface area contributed by atoms with Crippen LogP contribution >= 0.6 is 11.3 Å². The van der Waals surface area contributed by atoms with Crippen molar-refractivity contribution >= 4 is 28.2 Å². The van der Waals surface area contributed by atoms with Gasteiger partial charge in [0.1, 0.15) is 10.8 Å². The van der Waals surface area contributed by atoms with E-state index in [1.54, 1.807) is 0 Å². The number of aromatic nitrogens is 1. The first-order valence-corrected chi connectivity index (χ1v) is 9.59. The lowest BCUT2D eigenvalue weighted by atomic mass is 9.88. The fourth-order valence-electron chi connectivity index (χ4n) is 3.82. The van der Waals surface area contributed by atoms with Crippen molar-refractivity contribution < 1.29 is 14.1 Å². The molecule has 0 aliphatic heterocycles. The summed E-state index contributed by atoms with van der Waals surface area (Å²) in [6.45, 7) is 2.20. The molecule has 0 unspecified atom stereocenters. The van der Waals surface area contributed by atoms with Gasteiger partial charge < -0.3 is 15.6 Å². The minimum absolute atomic E-state index is 0.318. The van der Waals surface area contributed by atoms with Crippen LogP contribution in [0.1, 0.15) is 68.8 Å². The molecule has 3 N–H and O–H groups in total. The van der Waals surface area contributed by atoms with Gasteiger partial charge in [-0.1, -0.05) is 12.1 Å². The van der Waals surface area contributed by atoms with Gasteiger partial charge in [0, 0.05) is 16.9 Å². The quantitative estimate of drug-likeness (QED) is 0.880. The Bertz CT molecular complexity index is 852. The van der Waals surface area contributed by atoms with Crippen LogP contribution in [-0.4, -0.2) is 17.0 Å². The van der Waals surface area contributed by atoms with Gasteiger partial charge in [-0.2, -0.15) is 0 Å². The third-order valence-corrected chi connectivity index (χ3v) is 6.32. The Balaban J connectivity index is 1.65. The molecule has 0 spiro atoms. The number of rotatable bonds is 3. The Kier molecular flexibility index (Phi) is 4.11. The summed E-state index contributed by atoms with van der Waals surface area (Å²) in [5.74, 6) is 0.592. The fourth-order valence-corrected chi connectivity index (χ4v) is 5.24. The Morgan fingerprint density at radius 2 is 2.04 bits per heavy atom. The summed E-state index contributed by atoms with van der Waals surface area (Å²) in [6.07, 6.45) is 6.53. The summed E-state index contributed by atoms with van der Waals surface area (Å²) in [5, 5.41) is 7.38. The Morgan fingerprint density at radius 3 is 2.84 bits per heavy atom. The highest BCUT2D eigenvalue weighted by Crippen LogP contribution is 2.39. The summed E-state index contributed by atoms with van der Waals surface area (Å²) < 4.78 is 5.32. The molecule has 25 heavy (non-hydrogen) atoms. The van der Waals surface area contributed by atoms with Crippen LogP contribution in [0.15, 0.2) is 4.52 Å². The molecule has 0 fully saturated rings. The van der Waals surface area contributed by atoms with E-state index in [-0.39, 0.29) is 5.91 Å². The Morgan fingerprint density at radius 1 is 1.24 bits per heavy atom. The third-order valence-electron chi connectivity index (χ3n) is 5.15. The van der Waals surface area contributed by atoms with E-state index >= 15 is 0 Å². The number of nitrogens with two attached hydrogens (primary N) is 1. The minimum Gasteiger partial charge on any atom is -0.365 e. The van der Waals surface area contributed by atoms with Crippen LogP contribution in [0, 0.1) is 5.92 Å². The first-order valence-electron chi connectivity index (χ1n) is 8.77. The van der Waals surface area contributed by atoms with Gasteiger partial charge in [0.2, 0.25) is 0 Å². The maximum absolute atomic E-state index is 12.7. The van der Waals surface area contributed by atoms with Crippen molar-refractivity contribution in [2.24, 2.45) is 11.7 Å². The van der Waals surface area contributed by atoms with Crippen LogP contribution in [-0.2, 0) is 25.7 Å². The molecule has 0 aromatic carbocycles. The maximum atomic E-state index is 12.7. The second-order valence-corrected chi connectivity index (χ2v) is 8.12. The van der Waals surface area contributed by atoms with Crippen LogP contribution in [0.2, 0.25) is 0 Å². The van der Waals surface area contributed by atoms with Crippen molar-refractivity contribution in [3.8, 4) is 0 Å². The smallest absolute Gasteiger partial charge is 0.278 e. The first-order chi connectivity index (χ1) is 12.0. The highest BCUT2D eigenvalue weighted by Gasteiger charge is 2.29. The number of aryl methyl sites for hydroxylation is 1. The molecule has 7 heteroatoms. The molecule has 4 rings (SSSR count). The molecule has 132 valence electrons. The number of primary amides is 1. The van der Waals surface area contributed by atoms with Gasteiger partial charge >= 0.3 is 0 Å². The number of fused-ring (bicyclic) bond motifs is 2. The molecule has 0 radical (unpaired) electrons.